The van der Waals surface area contributed by atoms with Gasteiger partial charge in [0.05, 0.1) is 5.01 Å². The Bertz CT molecular complexity index is 530. The van der Waals surface area contributed by atoms with Gasteiger partial charge in [-0.15, -0.1) is 21.5 Å². The van der Waals surface area contributed by atoms with Crippen LogP contribution in [0, 0.1) is 0 Å². The van der Waals surface area contributed by atoms with Gasteiger partial charge in [-0.25, -0.2) is 4.98 Å². The van der Waals surface area contributed by atoms with E-state index in [1.165, 1.54) is 19.3 Å². The van der Waals surface area contributed by atoms with E-state index < -0.39 is 0 Å². The van der Waals surface area contributed by atoms with Crippen molar-refractivity contribution in [2.45, 2.75) is 38.6 Å². The number of nitrogens with zero attached hydrogens (tertiary/aromatic N) is 4. The van der Waals surface area contributed by atoms with Crippen LogP contribution in [0.4, 0.5) is 0 Å². The molecule has 0 bridgehead atoms. The Morgan fingerprint density at radius 1 is 1.28 bits per heavy atom. The SMILES string of the molecule is NCCc1nc(-c2nnc3n2CCCCC3)cs1. The summed E-state index contributed by atoms with van der Waals surface area (Å²) in [5, 5.41) is 11.8. The Labute approximate surface area is 110 Å². The normalized spacial score (nSPS) is 15.4. The molecule has 0 amide bonds. The summed E-state index contributed by atoms with van der Waals surface area (Å²) in [5.41, 5.74) is 6.50. The van der Waals surface area contributed by atoms with Crippen molar-refractivity contribution < 1.29 is 0 Å². The van der Waals surface area contributed by atoms with E-state index in [4.69, 9.17) is 5.73 Å². The van der Waals surface area contributed by atoms with E-state index in [1.807, 2.05) is 0 Å². The van der Waals surface area contributed by atoms with Gasteiger partial charge in [-0.3, -0.25) is 0 Å². The zero-order valence-electron chi connectivity index (χ0n) is 10.3. The highest BCUT2D eigenvalue weighted by Crippen LogP contribution is 2.24. The fourth-order valence-corrected chi connectivity index (χ4v) is 3.12. The van der Waals surface area contributed by atoms with Crippen LogP contribution in [-0.2, 0) is 19.4 Å². The van der Waals surface area contributed by atoms with Crippen molar-refractivity contribution in [2.75, 3.05) is 6.54 Å². The van der Waals surface area contributed by atoms with Crippen molar-refractivity contribution in [1.29, 1.82) is 0 Å². The number of fused-ring (bicyclic) bond motifs is 1. The molecule has 0 fully saturated rings. The summed E-state index contributed by atoms with van der Waals surface area (Å²) in [6, 6.07) is 0. The van der Waals surface area contributed by atoms with E-state index in [1.54, 1.807) is 11.3 Å². The number of thiazole rings is 1. The molecule has 0 unspecified atom stereocenters. The van der Waals surface area contributed by atoms with Crippen molar-refractivity contribution >= 4 is 11.3 Å². The Balaban J connectivity index is 1.93. The molecular weight excluding hydrogens is 246 g/mol. The van der Waals surface area contributed by atoms with Gasteiger partial charge < -0.3 is 10.3 Å². The smallest absolute Gasteiger partial charge is 0.183 e. The second kappa shape index (κ2) is 5.16. The fourth-order valence-electron chi connectivity index (χ4n) is 2.33. The van der Waals surface area contributed by atoms with Crippen LogP contribution in [-0.4, -0.2) is 26.3 Å². The second-order valence-electron chi connectivity index (χ2n) is 4.57. The fraction of sp³-hybridized carbons (Fsp3) is 0.583. The van der Waals surface area contributed by atoms with Gasteiger partial charge in [0, 0.05) is 24.8 Å². The van der Waals surface area contributed by atoms with Gasteiger partial charge in [0.1, 0.15) is 11.5 Å². The first kappa shape index (κ1) is 11.8. The zero-order valence-corrected chi connectivity index (χ0v) is 11.1. The van der Waals surface area contributed by atoms with Crippen LogP contribution in [0.3, 0.4) is 0 Å². The first-order chi connectivity index (χ1) is 8.88. The number of hydrogen-bond acceptors (Lipinski definition) is 5. The maximum Gasteiger partial charge on any atom is 0.183 e. The predicted molar refractivity (Wildman–Crippen MR) is 71.4 cm³/mol. The maximum absolute atomic E-state index is 5.55. The van der Waals surface area contributed by atoms with Crippen LogP contribution in [0.25, 0.3) is 11.5 Å². The molecule has 0 aliphatic carbocycles. The molecule has 0 spiro atoms. The number of rotatable bonds is 3. The third kappa shape index (κ3) is 2.18. The highest BCUT2D eigenvalue weighted by Gasteiger charge is 2.17. The minimum absolute atomic E-state index is 0.644. The molecule has 0 atom stereocenters. The van der Waals surface area contributed by atoms with Crippen molar-refractivity contribution in [1.82, 2.24) is 19.7 Å². The highest BCUT2D eigenvalue weighted by molar-refractivity contribution is 7.09. The summed E-state index contributed by atoms with van der Waals surface area (Å²) < 4.78 is 2.23. The lowest BCUT2D eigenvalue weighted by Crippen LogP contribution is -2.04. The molecular formula is C12H17N5S. The number of hydrogen-bond donors (Lipinski definition) is 1. The molecule has 1 aliphatic heterocycles. The van der Waals surface area contributed by atoms with Gasteiger partial charge in [0.2, 0.25) is 0 Å². The van der Waals surface area contributed by atoms with E-state index in [9.17, 15) is 0 Å². The van der Waals surface area contributed by atoms with Crippen molar-refractivity contribution in [3.05, 3.63) is 16.2 Å². The molecule has 0 saturated carbocycles. The molecule has 2 aromatic heterocycles. The molecule has 96 valence electrons. The van der Waals surface area contributed by atoms with Gasteiger partial charge in [0.25, 0.3) is 0 Å². The Morgan fingerprint density at radius 2 is 2.22 bits per heavy atom. The molecule has 3 heterocycles. The summed E-state index contributed by atoms with van der Waals surface area (Å²) in [6.45, 7) is 1.66. The van der Waals surface area contributed by atoms with Crippen LogP contribution in [0.15, 0.2) is 5.38 Å². The molecule has 1 aliphatic rings. The summed E-state index contributed by atoms with van der Waals surface area (Å²) in [7, 11) is 0. The average Bonchev–Trinajstić information content (AvgIpc) is 2.91. The van der Waals surface area contributed by atoms with Crippen molar-refractivity contribution in [3.8, 4) is 11.5 Å². The van der Waals surface area contributed by atoms with E-state index in [0.717, 1.165) is 41.7 Å². The number of nitrogens with two attached hydrogens (primary N) is 1. The minimum Gasteiger partial charge on any atom is -0.330 e. The van der Waals surface area contributed by atoms with E-state index in [-0.39, 0.29) is 0 Å². The Morgan fingerprint density at radius 3 is 3.11 bits per heavy atom. The molecule has 2 N–H and O–H groups in total. The van der Waals surface area contributed by atoms with Crippen molar-refractivity contribution in [3.63, 3.8) is 0 Å². The lowest BCUT2D eigenvalue weighted by molar-refractivity contribution is 0.636. The highest BCUT2D eigenvalue weighted by atomic mass is 32.1. The van der Waals surface area contributed by atoms with Gasteiger partial charge in [-0.05, 0) is 19.4 Å². The van der Waals surface area contributed by atoms with Gasteiger partial charge in [0.15, 0.2) is 5.82 Å². The van der Waals surface area contributed by atoms with Crippen LogP contribution in [0.5, 0.6) is 0 Å². The molecule has 5 nitrogen and oxygen atoms in total. The zero-order chi connectivity index (χ0) is 12.4. The molecule has 6 heteroatoms. The van der Waals surface area contributed by atoms with Gasteiger partial charge in [-0.2, -0.15) is 0 Å². The lowest BCUT2D eigenvalue weighted by atomic mass is 10.2. The van der Waals surface area contributed by atoms with Crippen molar-refractivity contribution in [2.24, 2.45) is 5.73 Å². The van der Waals surface area contributed by atoms with Gasteiger partial charge in [-0.1, -0.05) is 6.42 Å². The summed E-state index contributed by atoms with van der Waals surface area (Å²) in [4.78, 5) is 4.60. The first-order valence-electron chi connectivity index (χ1n) is 6.45. The minimum atomic E-state index is 0.644. The first-order valence-corrected chi connectivity index (χ1v) is 7.33. The topological polar surface area (TPSA) is 69.6 Å². The number of aryl methyl sites for hydroxylation is 1. The molecule has 0 aromatic carbocycles. The van der Waals surface area contributed by atoms with Crippen LogP contribution >= 0.6 is 11.3 Å². The molecule has 3 rings (SSSR count). The van der Waals surface area contributed by atoms with Crippen LogP contribution in [0.1, 0.15) is 30.1 Å². The van der Waals surface area contributed by atoms with E-state index in [2.05, 4.69) is 25.1 Å². The second-order valence-corrected chi connectivity index (χ2v) is 5.51. The Kier molecular flexibility index (Phi) is 3.38. The number of aromatic nitrogens is 4. The monoisotopic (exact) mass is 263 g/mol. The van der Waals surface area contributed by atoms with E-state index in [0.29, 0.717) is 6.54 Å². The van der Waals surface area contributed by atoms with E-state index >= 15 is 0 Å². The molecule has 18 heavy (non-hydrogen) atoms. The average molecular weight is 263 g/mol. The summed E-state index contributed by atoms with van der Waals surface area (Å²) in [6.07, 6.45) is 5.57. The molecule has 2 aromatic rings. The predicted octanol–water partition coefficient (Wildman–Crippen LogP) is 1.63. The lowest BCUT2D eigenvalue weighted by Gasteiger charge is -2.04. The molecule has 0 saturated heterocycles. The maximum atomic E-state index is 5.55. The standard InChI is InChI=1S/C12H17N5S/c13-6-5-11-14-9(8-18-11)12-16-15-10-4-2-1-3-7-17(10)12/h8H,1-7,13H2. The van der Waals surface area contributed by atoms with Crippen LogP contribution < -0.4 is 5.73 Å². The summed E-state index contributed by atoms with van der Waals surface area (Å²) >= 11 is 1.66. The summed E-state index contributed by atoms with van der Waals surface area (Å²) in [5.74, 6) is 2.03. The largest absolute Gasteiger partial charge is 0.330 e. The third-order valence-corrected chi connectivity index (χ3v) is 4.16. The Hall–Kier alpha value is -1.27. The quantitative estimate of drug-likeness (QED) is 0.913. The molecule has 0 radical (unpaired) electrons. The van der Waals surface area contributed by atoms with Gasteiger partial charge >= 0.3 is 0 Å². The van der Waals surface area contributed by atoms with Crippen LogP contribution in [0.2, 0.25) is 0 Å². The third-order valence-electron chi connectivity index (χ3n) is 3.25.